The van der Waals surface area contributed by atoms with E-state index in [1.54, 1.807) is 7.11 Å². The van der Waals surface area contributed by atoms with Gasteiger partial charge in [0, 0.05) is 36.6 Å². The molecular formula is C27H36N4O3. The Kier molecular flexibility index (Phi) is 8.21. The van der Waals surface area contributed by atoms with Gasteiger partial charge in [-0.1, -0.05) is 36.4 Å². The van der Waals surface area contributed by atoms with E-state index in [9.17, 15) is 9.90 Å². The second kappa shape index (κ2) is 11.5. The summed E-state index contributed by atoms with van der Waals surface area (Å²) in [4.78, 5) is 18.0. The van der Waals surface area contributed by atoms with Crippen LogP contribution >= 0.6 is 0 Å². The van der Waals surface area contributed by atoms with Crippen molar-refractivity contribution in [2.75, 3.05) is 26.7 Å². The lowest BCUT2D eigenvalue weighted by atomic mass is 9.88. The number of para-hydroxylation sites is 2. The number of fused-ring (bicyclic) bond motifs is 1. The van der Waals surface area contributed by atoms with E-state index in [-0.39, 0.29) is 5.91 Å². The fourth-order valence-electron chi connectivity index (χ4n) is 5.04. The van der Waals surface area contributed by atoms with E-state index in [2.05, 4.69) is 27.3 Å². The molecule has 1 amide bonds. The fraction of sp³-hybridized carbons (Fsp3) is 0.444. The van der Waals surface area contributed by atoms with E-state index >= 15 is 0 Å². The number of aliphatic hydroxyl groups excluding tert-OH is 1. The Morgan fingerprint density at radius 3 is 2.71 bits per heavy atom. The molecule has 7 nitrogen and oxygen atoms in total. The molecule has 0 unspecified atom stereocenters. The van der Waals surface area contributed by atoms with E-state index in [1.807, 2.05) is 42.6 Å². The smallest absolute Gasteiger partial charge is 0.220 e. The van der Waals surface area contributed by atoms with E-state index < -0.39 is 12.3 Å². The molecule has 182 valence electrons. The number of methoxy groups -OCH3 is 1. The summed E-state index contributed by atoms with van der Waals surface area (Å²) in [6.45, 7) is 1.99. The average Bonchev–Trinajstić information content (AvgIpc) is 3.29. The minimum atomic E-state index is -0.769. The minimum Gasteiger partial charge on any atom is -0.496 e. The predicted octanol–water partition coefficient (Wildman–Crippen LogP) is 3.14. The number of carbonyl (C=O) groups excluding carboxylic acids is 1. The molecule has 0 saturated carbocycles. The summed E-state index contributed by atoms with van der Waals surface area (Å²) in [5.41, 5.74) is 8.95. The molecule has 2 aromatic carbocycles. The lowest BCUT2D eigenvalue weighted by Crippen LogP contribution is -2.54. The van der Waals surface area contributed by atoms with Gasteiger partial charge in [-0.2, -0.15) is 0 Å². The first-order valence-corrected chi connectivity index (χ1v) is 12.2. The molecule has 5 N–H and O–H groups in total. The highest BCUT2D eigenvalue weighted by atomic mass is 16.5. The maximum Gasteiger partial charge on any atom is 0.220 e. The van der Waals surface area contributed by atoms with Gasteiger partial charge in [0.25, 0.3) is 0 Å². The van der Waals surface area contributed by atoms with Gasteiger partial charge in [-0.15, -0.1) is 0 Å². The molecule has 0 bridgehead atoms. The van der Waals surface area contributed by atoms with Gasteiger partial charge in [0.15, 0.2) is 0 Å². The second-order valence-corrected chi connectivity index (χ2v) is 9.10. The highest BCUT2D eigenvalue weighted by Crippen LogP contribution is 2.34. The van der Waals surface area contributed by atoms with Gasteiger partial charge in [0.05, 0.1) is 13.2 Å². The molecule has 2 heterocycles. The number of likely N-dealkylation sites (tertiary alicyclic amines) is 1. The van der Waals surface area contributed by atoms with Gasteiger partial charge in [-0.25, -0.2) is 0 Å². The third-order valence-electron chi connectivity index (χ3n) is 6.91. The van der Waals surface area contributed by atoms with Crippen molar-refractivity contribution in [1.82, 2.24) is 15.2 Å². The second-order valence-electron chi connectivity index (χ2n) is 9.10. The van der Waals surface area contributed by atoms with Crippen molar-refractivity contribution in [3.63, 3.8) is 0 Å². The van der Waals surface area contributed by atoms with Crippen molar-refractivity contribution >= 4 is 16.8 Å². The summed E-state index contributed by atoms with van der Waals surface area (Å²) in [7, 11) is 1.71. The standard InChI is InChI=1S/C27H36N4O3/c1-34-25-10-5-3-8-22(25)19-12-15-31(16-13-19)27(33)24(30-26(32)11-6-14-28)17-20-18-29-23-9-4-2-7-21(20)23/h2-5,7-10,18-19,24,27,29,33H,6,11-17,28H2,1H3,(H,30,32)/t24-,27-/m1/s1. The summed E-state index contributed by atoms with van der Waals surface area (Å²) < 4.78 is 5.56. The number of amides is 1. The van der Waals surface area contributed by atoms with E-state index in [1.165, 1.54) is 5.56 Å². The van der Waals surface area contributed by atoms with E-state index in [4.69, 9.17) is 10.5 Å². The predicted molar refractivity (Wildman–Crippen MR) is 135 cm³/mol. The molecule has 0 radical (unpaired) electrons. The zero-order valence-electron chi connectivity index (χ0n) is 19.9. The summed E-state index contributed by atoms with van der Waals surface area (Å²) in [6, 6.07) is 15.9. The molecule has 7 heteroatoms. The number of nitrogens with one attached hydrogen (secondary N) is 2. The number of aliphatic hydroxyl groups is 1. The molecular weight excluding hydrogens is 428 g/mol. The van der Waals surface area contributed by atoms with Crippen molar-refractivity contribution in [2.45, 2.75) is 50.3 Å². The molecule has 3 aromatic rings. The van der Waals surface area contributed by atoms with Crippen molar-refractivity contribution in [3.8, 4) is 5.75 Å². The van der Waals surface area contributed by atoms with Gasteiger partial charge in [0.2, 0.25) is 5.91 Å². The number of ether oxygens (including phenoxy) is 1. The lowest BCUT2D eigenvalue weighted by Gasteiger charge is -2.39. The molecule has 1 aliphatic rings. The highest BCUT2D eigenvalue weighted by molar-refractivity contribution is 5.83. The first-order chi connectivity index (χ1) is 16.6. The maximum atomic E-state index is 12.6. The first kappa shape index (κ1) is 24.3. The normalized spacial score (nSPS) is 16.9. The number of nitrogens with two attached hydrogens (primary N) is 1. The van der Waals surface area contributed by atoms with Crippen LogP contribution in [-0.4, -0.2) is 59.9 Å². The number of rotatable bonds is 10. The maximum absolute atomic E-state index is 12.6. The van der Waals surface area contributed by atoms with Gasteiger partial charge >= 0.3 is 0 Å². The zero-order chi connectivity index (χ0) is 23.9. The van der Waals surface area contributed by atoms with Crippen LogP contribution in [-0.2, 0) is 11.2 Å². The van der Waals surface area contributed by atoms with Crippen molar-refractivity contribution in [1.29, 1.82) is 0 Å². The number of benzene rings is 2. The highest BCUT2D eigenvalue weighted by Gasteiger charge is 2.32. The zero-order valence-corrected chi connectivity index (χ0v) is 19.9. The van der Waals surface area contributed by atoms with Crippen LogP contribution in [0.25, 0.3) is 10.9 Å². The van der Waals surface area contributed by atoms with Crippen LogP contribution in [0.5, 0.6) is 5.75 Å². The average molecular weight is 465 g/mol. The first-order valence-electron chi connectivity index (χ1n) is 12.2. The van der Waals surface area contributed by atoms with Gasteiger partial charge in [-0.3, -0.25) is 9.69 Å². The molecule has 0 aliphatic carbocycles. The summed E-state index contributed by atoms with van der Waals surface area (Å²) in [6.07, 6.45) is 4.61. The number of piperidine rings is 1. The molecule has 1 aliphatic heterocycles. The van der Waals surface area contributed by atoms with Crippen molar-refractivity contribution < 1.29 is 14.6 Å². The monoisotopic (exact) mass is 464 g/mol. The van der Waals surface area contributed by atoms with Crippen LogP contribution in [0.2, 0.25) is 0 Å². The number of nitrogens with zero attached hydrogens (tertiary/aromatic N) is 1. The Hall–Kier alpha value is -2.87. The molecule has 2 atom stereocenters. The van der Waals surface area contributed by atoms with E-state index in [0.29, 0.717) is 31.7 Å². The van der Waals surface area contributed by atoms with Crippen LogP contribution in [0.3, 0.4) is 0 Å². The molecule has 1 saturated heterocycles. The Morgan fingerprint density at radius 1 is 1.21 bits per heavy atom. The summed E-state index contributed by atoms with van der Waals surface area (Å²) in [5, 5.41) is 15.6. The molecule has 4 rings (SSSR count). The fourth-order valence-corrected chi connectivity index (χ4v) is 5.04. The number of aromatic nitrogens is 1. The van der Waals surface area contributed by atoms with Crippen LogP contribution < -0.4 is 15.8 Å². The SMILES string of the molecule is COc1ccccc1C1CCN([C@H](O)[C@@H](Cc2c[nH]c3ccccc23)NC(=O)CCCN)CC1. The number of hydrogen-bond donors (Lipinski definition) is 4. The van der Waals surface area contributed by atoms with Crippen molar-refractivity contribution in [3.05, 3.63) is 65.9 Å². The van der Waals surface area contributed by atoms with Crippen LogP contribution in [0, 0.1) is 0 Å². The topological polar surface area (TPSA) is 104 Å². The third-order valence-corrected chi connectivity index (χ3v) is 6.91. The van der Waals surface area contributed by atoms with Gasteiger partial charge in [0.1, 0.15) is 12.0 Å². The van der Waals surface area contributed by atoms with Gasteiger partial charge < -0.3 is 25.9 Å². The Bertz CT molecular complexity index is 1070. The Labute approximate surface area is 201 Å². The Morgan fingerprint density at radius 2 is 1.94 bits per heavy atom. The number of aromatic amines is 1. The minimum absolute atomic E-state index is 0.0711. The van der Waals surface area contributed by atoms with Crippen LogP contribution in [0.4, 0.5) is 0 Å². The Balaban J connectivity index is 1.46. The quantitative estimate of drug-likeness (QED) is 0.369. The molecule has 1 fully saturated rings. The third kappa shape index (κ3) is 5.60. The van der Waals surface area contributed by atoms with Crippen molar-refractivity contribution in [2.24, 2.45) is 5.73 Å². The largest absolute Gasteiger partial charge is 0.496 e. The number of hydrogen-bond acceptors (Lipinski definition) is 5. The molecule has 1 aromatic heterocycles. The van der Waals surface area contributed by atoms with Gasteiger partial charge in [-0.05, 0) is 61.4 Å². The lowest BCUT2D eigenvalue weighted by molar-refractivity contribution is -0.124. The van der Waals surface area contributed by atoms with Crippen LogP contribution in [0.15, 0.2) is 54.7 Å². The molecule has 34 heavy (non-hydrogen) atoms. The summed E-state index contributed by atoms with van der Waals surface area (Å²) >= 11 is 0. The van der Waals surface area contributed by atoms with E-state index in [0.717, 1.165) is 48.1 Å². The summed E-state index contributed by atoms with van der Waals surface area (Å²) in [5.74, 6) is 1.25. The van der Waals surface area contributed by atoms with Crippen LogP contribution in [0.1, 0.15) is 42.7 Å². The number of H-pyrrole nitrogens is 1. The number of carbonyl (C=O) groups is 1. The molecule has 0 spiro atoms.